The second-order valence-electron chi connectivity index (χ2n) is 4.28. The van der Waals surface area contributed by atoms with Gasteiger partial charge in [0.25, 0.3) is 0 Å². The third-order valence-corrected chi connectivity index (χ3v) is 3.44. The minimum atomic E-state index is -0.247. The molecule has 2 heterocycles. The summed E-state index contributed by atoms with van der Waals surface area (Å²) in [6.45, 7) is 1.94. The van der Waals surface area contributed by atoms with Crippen molar-refractivity contribution in [2.24, 2.45) is 0 Å². The normalized spacial score (nSPS) is 17.7. The molecule has 0 saturated carbocycles. The van der Waals surface area contributed by atoms with E-state index >= 15 is 0 Å². The standard InChI is InChI=1S/C12H15Cl2N3O2/c13-4-11(18)16-5-8-3-10(6-17-12(8)14)19-7-9-1-2-15-9/h3,6,9,15H,1-2,4-5,7H2,(H,16,18). The van der Waals surface area contributed by atoms with Crippen molar-refractivity contribution >= 4 is 29.1 Å². The van der Waals surface area contributed by atoms with Crippen LogP contribution in [-0.2, 0) is 11.3 Å². The SMILES string of the molecule is O=C(CCl)NCc1cc(OCC2CCN2)cnc1Cl. The Morgan fingerprint density at radius 1 is 1.63 bits per heavy atom. The first-order chi connectivity index (χ1) is 9.19. The van der Waals surface area contributed by atoms with Gasteiger partial charge in [0.15, 0.2) is 0 Å². The molecule has 0 bridgehead atoms. The van der Waals surface area contributed by atoms with E-state index in [4.69, 9.17) is 27.9 Å². The lowest BCUT2D eigenvalue weighted by atomic mass is 10.1. The minimum absolute atomic E-state index is 0.0748. The zero-order valence-electron chi connectivity index (χ0n) is 10.3. The fraction of sp³-hybridized carbons (Fsp3) is 0.500. The van der Waals surface area contributed by atoms with Gasteiger partial charge in [-0.05, 0) is 19.0 Å². The number of halogens is 2. The number of nitrogens with one attached hydrogen (secondary N) is 2. The smallest absolute Gasteiger partial charge is 0.235 e. The maximum Gasteiger partial charge on any atom is 0.235 e. The van der Waals surface area contributed by atoms with E-state index in [9.17, 15) is 4.79 Å². The molecule has 0 radical (unpaired) electrons. The van der Waals surface area contributed by atoms with Gasteiger partial charge in [-0.25, -0.2) is 4.98 Å². The second kappa shape index (κ2) is 6.93. The van der Waals surface area contributed by atoms with E-state index in [1.165, 1.54) is 0 Å². The Morgan fingerprint density at radius 2 is 2.42 bits per heavy atom. The quantitative estimate of drug-likeness (QED) is 0.615. The van der Waals surface area contributed by atoms with Gasteiger partial charge in [-0.2, -0.15) is 0 Å². The van der Waals surface area contributed by atoms with Crippen molar-refractivity contribution in [3.63, 3.8) is 0 Å². The highest BCUT2D eigenvalue weighted by Crippen LogP contribution is 2.19. The molecule has 0 aliphatic carbocycles. The molecule has 1 saturated heterocycles. The van der Waals surface area contributed by atoms with Crippen LogP contribution in [-0.4, -0.2) is 36.0 Å². The van der Waals surface area contributed by atoms with Gasteiger partial charge in [-0.3, -0.25) is 4.79 Å². The highest BCUT2D eigenvalue weighted by Gasteiger charge is 2.17. The summed E-state index contributed by atoms with van der Waals surface area (Å²) in [4.78, 5) is 15.1. The van der Waals surface area contributed by atoms with Gasteiger partial charge in [-0.1, -0.05) is 11.6 Å². The summed E-state index contributed by atoms with van der Waals surface area (Å²) >= 11 is 11.4. The van der Waals surface area contributed by atoms with Crippen LogP contribution in [0.1, 0.15) is 12.0 Å². The number of hydrogen-bond acceptors (Lipinski definition) is 4. The monoisotopic (exact) mass is 303 g/mol. The summed E-state index contributed by atoms with van der Waals surface area (Å²) in [7, 11) is 0. The molecule has 1 aromatic heterocycles. The van der Waals surface area contributed by atoms with Crippen molar-refractivity contribution in [3.8, 4) is 5.75 Å². The fourth-order valence-corrected chi connectivity index (χ4v) is 1.87. The summed E-state index contributed by atoms with van der Waals surface area (Å²) in [6.07, 6.45) is 2.70. The first kappa shape index (κ1) is 14.4. The van der Waals surface area contributed by atoms with Crippen LogP contribution in [0.5, 0.6) is 5.75 Å². The molecule has 104 valence electrons. The van der Waals surface area contributed by atoms with E-state index in [0.29, 0.717) is 29.1 Å². The minimum Gasteiger partial charge on any atom is -0.490 e. The fourth-order valence-electron chi connectivity index (χ4n) is 1.60. The number of aromatic nitrogens is 1. The lowest BCUT2D eigenvalue weighted by Crippen LogP contribution is -2.46. The zero-order chi connectivity index (χ0) is 13.7. The summed E-state index contributed by atoms with van der Waals surface area (Å²) in [6, 6.07) is 2.19. The topological polar surface area (TPSA) is 63.2 Å². The van der Waals surface area contributed by atoms with Gasteiger partial charge in [0, 0.05) is 18.2 Å². The third kappa shape index (κ3) is 4.23. The van der Waals surface area contributed by atoms with Crippen LogP contribution in [0.4, 0.5) is 0 Å². The Bertz CT molecular complexity index is 453. The number of carbonyl (C=O) groups is 1. The molecule has 7 heteroatoms. The van der Waals surface area contributed by atoms with E-state index in [2.05, 4.69) is 15.6 Å². The Hall–Kier alpha value is -1.04. The number of alkyl halides is 1. The average Bonchev–Trinajstić information content (AvgIpc) is 2.36. The van der Waals surface area contributed by atoms with E-state index in [1.807, 2.05) is 0 Å². The second-order valence-corrected chi connectivity index (χ2v) is 4.91. The average molecular weight is 304 g/mol. The number of ether oxygens (including phenoxy) is 1. The molecule has 1 atom stereocenters. The van der Waals surface area contributed by atoms with Crippen LogP contribution in [0.25, 0.3) is 0 Å². The molecular formula is C12H15Cl2N3O2. The molecular weight excluding hydrogens is 289 g/mol. The molecule has 1 fully saturated rings. The van der Waals surface area contributed by atoms with Crippen LogP contribution < -0.4 is 15.4 Å². The number of nitrogens with zero attached hydrogens (tertiary/aromatic N) is 1. The molecule has 0 spiro atoms. The van der Waals surface area contributed by atoms with Crippen LogP contribution in [0.15, 0.2) is 12.3 Å². The molecule has 2 rings (SSSR count). The Labute approximate surface area is 121 Å². The molecule has 1 amide bonds. The van der Waals surface area contributed by atoms with Crippen molar-refractivity contribution in [1.82, 2.24) is 15.6 Å². The molecule has 1 aromatic rings. The van der Waals surface area contributed by atoms with Gasteiger partial charge >= 0.3 is 0 Å². The highest BCUT2D eigenvalue weighted by atomic mass is 35.5. The summed E-state index contributed by atoms with van der Waals surface area (Å²) in [5, 5.41) is 6.24. The van der Waals surface area contributed by atoms with Gasteiger partial charge in [0.1, 0.15) is 23.4 Å². The summed E-state index contributed by atoms with van der Waals surface area (Å²) in [5.41, 5.74) is 0.708. The maximum atomic E-state index is 11.1. The largest absolute Gasteiger partial charge is 0.490 e. The van der Waals surface area contributed by atoms with Gasteiger partial charge in [-0.15, -0.1) is 11.6 Å². The van der Waals surface area contributed by atoms with E-state index in [1.54, 1.807) is 12.3 Å². The lowest BCUT2D eigenvalue weighted by molar-refractivity contribution is -0.118. The number of amides is 1. The lowest BCUT2D eigenvalue weighted by Gasteiger charge is -2.27. The number of carbonyl (C=O) groups excluding carboxylic acids is 1. The van der Waals surface area contributed by atoms with Crippen molar-refractivity contribution in [2.75, 3.05) is 19.0 Å². The molecule has 5 nitrogen and oxygen atoms in total. The Kier molecular flexibility index (Phi) is 5.24. The first-order valence-electron chi connectivity index (χ1n) is 6.02. The van der Waals surface area contributed by atoms with Crippen molar-refractivity contribution in [2.45, 2.75) is 19.0 Å². The first-order valence-corrected chi connectivity index (χ1v) is 6.93. The van der Waals surface area contributed by atoms with Crippen LogP contribution in [0, 0.1) is 0 Å². The predicted molar refractivity (Wildman–Crippen MR) is 73.7 cm³/mol. The number of hydrogen-bond donors (Lipinski definition) is 2. The highest BCUT2D eigenvalue weighted by molar-refractivity contribution is 6.30. The summed E-state index contributed by atoms with van der Waals surface area (Å²) < 4.78 is 5.62. The number of rotatable bonds is 6. The van der Waals surface area contributed by atoms with Crippen molar-refractivity contribution < 1.29 is 9.53 Å². The van der Waals surface area contributed by atoms with Gasteiger partial charge < -0.3 is 15.4 Å². The summed E-state index contributed by atoms with van der Waals surface area (Å²) in [5.74, 6) is 0.324. The van der Waals surface area contributed by atoms with Gasteiger partial charge in [0.05, 0.1) is 6.20 Å². The predicted octanol–water partition coefficient (Wildman–Crippen LogP) is 1.33. The molecule has 1 aliphatic rings. The molecule has 0 aromatic carbocycles. The third-order valence-electron chi connectivity index (χ3n) is 2.86. The Morgan fingerprint density at radius 3 is 3.05 bits per heavy atom. The van der Waals surface area contributed by atoms with Crippen LogP contribution >= 0.6 is 23.2 Å². The molecule has 1 unspecified atom stereocenters. The maximum absolute atomic E-state index is 11.1. The Balaban J connectivity index is 1.91. The van der Waals surface area contributed by atoms with E-state index < -0.39 is 0 Å². The van der Waals surface area contributed by atoms with Crippen LogP contribution in [0.2, 0.25) is 5.15 Å². The van der Waals surface area contributed by atoms with Crippen molar-refractivity contribution in [3.05, 3.63) is 23.0 Å². The number of pyridine rings is 1. The van der Waals surface area contributed by atoms with E-state index in [0.717, 1.165) is 13.0 Å². The van der Waals surface area contributed by atoms with E-state index in [-0.39, 0.29) is 18.3 Å². The van der Waals surface area contributed by atoms with Gasteiger partial charge in [0.2, 0.25) is 5.91 Å². The van der Waals surface area contributed by atoms with Crippen molar-refractivity contribution in [1.29, 1.82) is 0 Å². The molecule has 2 N–H and O–H groups in total. The zero-order valence-corrected chi connectivity index (χ0v) is 11.8. The van der Waals surface area contributed by atoms with Crippen LogP contribution in [0.3, 0.4) is 0 Å². The molecule has 19 heavy (non-hydrogen) atoms. The molecule has 1 aliphatic heterocycles.